The summed E-state index contributed by atoms with van der Waals surface area (Å²) in [5.74, 6) is 0.838. The highest BCUT2D eigenvalue weighted by Crippen LogP contribution is 2.37. The van der Waals surface area contributed by atoms with Crippen LogP contribution in [-0.4, -0.2) is 13.7 Å². The van der Waals surface area contributed by atoms with E-state index in [2.05, 4.69) is 5.32 Å². The van der Waals surface area contributed by atoms with Gasteiger partial charge in [0.25, 0.3) is 0 Å². The molecule has 0 aromatic heterocycles. The smallest absolute Gasteiger partial charge is 0.124 e. The number of ether oxygens (including phenoxy) is 1. The first-order valence-corrected chi connectivity index (χ1v) is 7.27. The van der Waals surface area contributed by atoms with Crippen molar-refractivity contribution >= 4 is 23.2 Å². The lowest BCUT2D eigenvalue weighted by Gasteiger charge is -2.22. The monoisotopic (exact) mass is 309 g/mol. The Kier molecular flexibility index (Phi) is 5.30. The molecule has 106 valence electrons. The second kappa shape index (κ2) is 6.98. The molecule has 20 heavy (non-hydrogen) atoms. The Labute approximate surface area is 129 Å². The van der Waals surface area contributed by atoms with E-state index in [1.54, 1.807) is 0 Å². The second-order valence-electron chi connectivity index (χ2n) is 4.33. The molecule has 0 spiro atoms. The van der Waals surface area contributed by atoms with E-state index in [4.69, 9.17) is 27.9 Å². The van der Waals surface area contributed by atoms with Gasteiger partial charge in [-0.05, 0) is 32.2 Å². The van der Waals surface area contributed by atoms with Crippen molar-refractivity contribution in [2.45, 2.75) is 13.0 Å². The van der Waals surface area contributed by atoms with Crippen LogP contribution in [0.2, 0.25) is 10.0 Å². The van der Waals surface area contributed by atoms with Crippen molar-refractivity contribution in [3.8, 4) is 5.75 Å². The van der Waals surface area contributed by atoms with Gasteiger partial charge in [-0.1, -0.05) is 47.5 Å². The van der Waals surface area contributed by atoms with E-state index in [1.807, 2.05) is 56.4 Å². The lowest BCUT2D eigenvalue weighted by atomic mass is 9.98. The predicted octanol–water partition coefficient (Wildman–Crippen LogP) is 4.70. The molecule has 2 rings (SSSR count). The first-order valence-electron chi connectivity index (χ1n) is 6.52. The largest absolute Gasteiger partial charge is 0.494 e. The molecule has 2 aromatic rings. The standard InChI is InChI=1S/C16H17Cl2NO/c1-3-20-14-10-5-4-7-11(14)16(19-2)15-12(17)8-6-9-13(15)18/h4-10,16,19H,3H2,1-2H3. The first kappa shape index (κ1) is 15.2. The molecule has 1 unspecified atom stereocenters. The molecule has 0 bridgehead atoms. The molecule has 0 aliphatic rings. The molecule has 0 aliphatic carbocycles. The molecule has 1 N–H and O–H groups in total. The number of nitrogens with one attached hydrogen (secondary N) is 1. The minimum atomic E-state index is -0.112. The molecule has 0 heterocycles. The van der Waals surface area contributed by atoms with Crippen molar-refractivity contribution in [2.75, 3.05) is 13.7 Å². The summed E-state index contributed by atoms with van der Waals surface area (Å²) >= 11 is 12.6. The molecule has 0 fully saturated rings. The maximum absolute atomic E-state index is 6.32. The van der Waals surface area contributed by atoms with Crippen LogP contribution in [0, 0.1) is 0 Å². The van der Waals surface area contributed by atoms with E-state index in [9.17, 15) is 0 Å². The third-order valence-corrected chi connectivity index (χ3v) is 3.77. The van der Waals surface area contributed by atoms with Gasteiger partial charge in [0.05, 0.1) is 12.6 Å². The Hall–Kier alpha value is -1.22. The fraction of sp³-hybridized carbons (Fsp3) is 0.250. The van der Waals surface area contributed by atoms with Gasteiger partial charge in [-0.2, -0.15) is 0 Å². The summed E-state index contributed by atoms with van der Waals surface area (Å²) in [4.78, 5) is 0. The van der Waals surface area contributed by atoms with Crippen LogP contribution in [0.15, 0.2) is 42.5 Å². The van der Waals surface area contributed by atoms with Crippen molar-refractivity contribution in [1.29, 1.82) is 0 Å². The van der Waals surface area contributed by atoms with Crippen molar-refractivity contribution in [3.05, 3.63) is 63.6 Å². The molecule has 2 aromatic carbocycles. The number of hydrogen-bond acceptors (Lipinski definition) is 2. The zero-order valence-electron chi connectivity index (χ0n) is 11.5. The van der Waals surface area contributed by atoms with Crippen LogP contribution in [0.3, 0.4) is 0 Å². The van der Waals surface area contributed by atoms with Crippen LogP contribution in [-0.2, 0) is 0 Å². The number of rotatable bonds is 5. The van der Waals surface area contributed by atoms with Gasteiger partial charge in [0.1, 0.15) is 5.75 Å². The second-order valence-corrected chi connectivity index (χ2v) is 5.14. The molecular weight excluding hydrogens is 293 g/mol. The molecular formula is C16H17Cl2NO. The highest BCUT2D eigenvalue weighted by Gasteiger charge is 2.21. The third-order valence-electron chi connectivity index (χ3n) is 3.11. The number of benzene rings is 2. The summed E-state index contributed by atoms with van der Waals surface area (Å²) in [6.45, 7) is 2.58. The van der Waals surface area contributed by atoms with E-state index in [0.29, 0.717) is 16.7 Å². The minimum Gasteiger partial charge on any atom is -0.494 e. The average Bonchev–Trinajstić information content (AvgIpc) is 2.44. The summed E-state index contributed by atoms with van der Waals surface area (Å²) in [6, 6.07) is 13.3. The highest BCUT2D eigenvalue weighted by atomic mass is 35.5. The fourth-order valence-corrected chi connectivity index (χ4v) is 2.86. The lowest BCUT2D eigenvalue weighted by Crippen LogP contribution is -2.19. The Morgan fingerprint density at radius 1 is 1.05 bits per heavy atom. The third kappa shape index (κ3) is 3.09. The zero-order chi connectivity index (χ0) is 14.5. The van der Waals surface area contributed by atoms with Crippen LogP contribution in [0.25, 0.3) is 0 Å². The van der Waals surface area contributed by atoms with Gasteiger partial charge >= 0.3 is 0 Å². The van der Waals surface area contributed by atoms with Crippen LogP contribution in [0.4, 0.5) is 0 Å². The summed E-state index contributed by atoms with van der Waals surface area (Å²) < 4.78 is 5.69. The van der Waals surface area contributed by atoms with Gasteiger partial charge in [-0.25, -0.2) is 0 Å². The molecule has 1 atom stereocenters. The minimum absolute atomic E-state index is 0.112. The SMILES string of the molecule is CCOc1ccccc1C(NC)c1c(Cl)cccc1Cl. The fourth-order valence-electron chi connectivity index (χ4n) is 2.25. The number of para-hydroxylation sites is 1. The van der Waals surface area contributed by atoms with Crippen molar-refractivity contribution < 1.29 is 4.74 Å². The average molecular weight is 310 g/mol. The Morgan fingerprint density at radius 2 is 1.70 bits per heavy atom. The van der Waals surface area contributed by atoms with E-state index >= 15 is 0 Å². The normalized spacial score (nSPS) is 12.2. The van der Waals surface area contributed by atoms with Crippen LogP contribution in [0.1, 0.15) is 24.1 Å². The van der Waals surface area contributed by atoms with Crippen molar-refractivity contribution in [1.82, 2.24) is 5.32 Å². The van der Waals surface area contributed by atoms with Crippen LogP contribution >= 0.6 is 23.2 Å². The maximum Gasteiger partial charge on any atom is 0.124 e. The van der Waals surface area contributed by atoms with Gasteiger partial charge in [-0.3, -0.25) is 0 Å². The highest BCUT2D eigenvalue weighted by molar-refractivity contribution is 6.36. The van der Waals surface area contributed by atoms with E-state index in [-0.39, 0.29) is 6.04 Å². The Bertz CT molecular complexity index is 566. The Morgan fingerprint density at radius 3 is 2.30 bits per heavy atom. The van der Waals surface area contributed by atoms with E-state index in [1.165, 1.54) is 0 Å². The molecule has 0 aliphatic heterocycles. The van der Waals surface area contributed by atoms with Gasteiger partial charge < -0.3 is 10.1 Å². The maximum atomic E-state index is 6.32. The number of hydrogen-bond donors (Lipinski definition) is 1. The van der Waals surface area contributed by atoms with E-state index in [0.717, 1.165) is 16.9 Å². The number of halogens is 2. The van der Waals surface area contributed by atoms with Crippen molar-refractivity contribution in [3.63, 3.8) is 0 Å². The van der Waals surface area contributed by atoms with Gasteiger partial charge in [0.15, 0.2) is 0 Å². The van der Waals surface area contributed by atoms with Gasteiger partial charge in [0, 0.05) is 21.2 Å². The topological polar surface area (TPSA) is 21.3 Å². The molecule has 2 nitrogen and oxygen atoms in total. The Balaban J connectivity index is 2.53. The van der Waals surface area contributed by atoms with Crippen LogP contribution < -0.4 is 10.1 Å². The molecule has 0 amide bonds. The quantitative estimate of drug-likeness (QED) is 0.864. The predicted molar refractivity (Wildman–Crippen MR) is 85.0 cm³/mol. The molecule has 0 radical (unpaired) electrons. The summed E-state index contributed by atoms with van der Waals surface area (Å²) in [5, 5.41) is 4.55. The van der Waals surface area contributed by atoms with Gasteiger partial charge in [-0.15, -0.1) is 0 Å². The molecule has 4 heteroatoms. The molecule has 0 saturated carbocycles. The summed E-state index contributed by atoms with van der Waals surface area (Å²) in [7, 11) is 1.88. The molecule has 0 saturated heterocycles. The summed E-state index contributed by atoms with van der Waals surface area (Å²) in [6.07, 6.45) is 0. The van der Waals surface area contributed by atoms with E-state index < -0.39 is 0 Å². The zero-order valence-corrected chi connectivity index (χ0v) is 13.0. The summed E-state index contributed by atoms with van der Waals surface area (Å²) in [5.41, 5.74) is 1.89. The van der Waals surface area contributed by atoms with Gasteiger partial charge in [0.2, 0.25) is 0 Å². The lowest BCUT2D eigenvalue weighted by molar-refractivity contribution is 0.334. The van der Waals surface area contributed by atoms with Crippen LogP contribution in [0.5, 0.6) is 5.75 Å². The first-order chi connectivity index (χ1) is 9.69. The van der Waals surface area contributed by atoms with Crippen molar-refractivity contribution in [2.24, 2.45) is 0 Å².